The predicted octanol–water partition coefficient (Wildman–Crippen LogP) is 15.5. The van der Waals surface area contributed by atoms with Gasteiger partial charge in [-0.05, 0) is 237 Å². The molecule has 0 heterocycles. The van der Waals surface area contributed by atoms with Crippen LogP contribution in [0.15, 0.2) is 24.3 Å². The zero-order valence-electron chi connectivity index (χ0n) is 43.2. The third-order valence-electron chi connectivity index (χ3n) is 26.7. The Morgan fingerprint density at radius 2 is 1.24 bits per heavy atom. The molecule has 0 radical (unpaired) electrons. The van der Waals surface area contributed by atoms with E-state index in [-0.39, 0.29) is 55.4 Å². The van der Waals surface area contributed by atoms with Gasteiger partial charge in [0.05, 0.1) is 18.1 Å². The van der Waals surface area contributed by atoms with Crippen molar-refractivity contribution in [2.75, 3.05) is 6.61 Å². The molecule has 0 amide bonds. The van der Waals surface area contributed by atoms with E-state index in [4.69, 9.17) is 11.3 Å². The maximum Gasteiger partial charge on any atom is 0.312 e. The number of allylic oxidation sites excluding steroid dienone is 3. The van der Waals surface area contributed by atoms with Gasteiger partial charge >= 0.3 is 5.97 Å². The molecule has 0 aromatic rings. The first-order chi connectivity index (χ1) is 29.3. The largest absolute Gasteiger partial charge is 0.465 e. The van der Waals surface area contributed by atoms with Crippen LogP contribution in [-0.4, -0.2) is 23.8 Å². The molecule has 10 aliphatic carbocycles. The Morgan fingerprint density at radius 3 is 1.87 bits per heavy atom. The van der Waals surface area contributed by atoms with Crippen LogP contribution in [0, 0.1) is 119 Å². The molecule has 9 fully saturated rings. The van der Waals surface area contributed by atoms with E-state index in [2.05, 4.69) is 102 Å². The summed E-state index contributed by atoms with van der Waals surface area (Å²) >= 11 is 0. The summed E-state index contributed by atoms with van der Waals surface area (Å²) in [4.78, 5) is 15.6. The second-order valence-corrected chi connectivity index (χ2v) is 29.2. The Kier molecular flexibility index (Phi) is 10.3. The quantitative estimate of drug-likeness (QED) is 0.221. The number of fused-ring (bicyclic) bond motifs is 14. The van der Waals surface area contributed by atoms with Gasteiger partial charge in [0.1, 0.15) is 0 Å². The lowest BCUT2D eigenvalue weighted by Gasteiger charge is -2.73. The highest BCUT2D eigenvalue weighted by Crippen LogP contribution is 2.80. The molecule has 0 spiro atoms. The SMILES string of the molecule is C=C(C)[C@@H]1CC[C@]2(COC(=O)[C@]34CC[C@@H](C(C)C)[C@@H]3[C@H]3CCC5[C@@]6(C)CC=CC(C)(C)[C@@H]6CC[C@@]5(C)[C@]3(C)CC4)CC[C@]3(C)[C@H](CC[C@@H]4[C@@]5(C)CC[C@H](O)C(C)(C)[C@@H]5CC[C@]43C)[C@@H]12. The molecule has 1 N–H and O–H groups in total. The fraction of sp³-hybridized carbons (Fsp3) is 0.917. The van der Waals surface area contributed by atoms with E-state index in [0.29, 0.717) is 70.7 Å². The van der Waals surface area contributed by atoms with E-state index in [1.54, 1.807) is 0 Å². The van der Waals surface area contributed by atoms with Crippen molar-refractivity contribution in [3.8, 4) is 0 Å². The van der Waals surface area contributed by atoms with Crippen LogP contribution in [0.3, 0.4) is 0 Å². The zero-order valence-corrected chi connectivity index (χ0v) is 43.2. The number of carbonyl (C=O) groups excluding carboxylic acids is 1. The van der Waals surface area contributed by atoms with Gasteiger partial charge in [-0.3, -0.25) is 4.79 Å². The highest BCUT2D eigenvalue weighted by Gasteiger charge is 2.74. The smallest absolute Gasteiger partial charge is 0.312 e. The van der Waals surface area contributed by atoms with Gasteiger partial charge in [0.15, 0.2) is 0 Å². The van der Waals surface area contributed by atoms with Crippen LogP contribution in [0.25, 0.3) is 0 Å². The molecule has 3 heteroatoms. The first kappa shape index (κ1) is 45.7. The Hall–Kier alpha value is -1.09. The number of aliphatic hydroxyl groups excluding tert-OH is 1. The van der Waals surface area contributed by atoms with Crippen LogP contribution < -0.4 is 0 Å². The molecule has 10 aliphatic rings. The summed E-state index contributed by atoms with van der Waals surface area (Å²) in [5, 5.41) is 11.3. The molecule has 3 nitrogen and oxygen atoms in total. The van der Waals surface area contributed by atoms with Gasteiger partial charge in [-0.2, -0.15) is 0 Å². The van der Waals surface area contributed by atoms with E-state index in [1.165, 1.54) is 108 Å². The molecule has 0 saturated heterocycles. The zero-order chi connectivity index (χ0) is 45.3. The van der Waals surface area contributed by atoms with Crippen LogP contribution in [-0.2, 0) is 9.53 Å². The topological polar surface area (TPSA) is 46.5 Å². The summed E-state index contributed by atoms with van der Waals surface area (Å²) in [5.41, 5.74) is 3.16. The fourth-order valence-corrected chi connectivity index (χ4v) is 23.2. The summed E-state index contributed by atoms with van der Waals surface area (Å²) in [6, 6.07) is 0. The average Bonchev–Trinajstić information content (AvgIpc) is 3.80. The van der Waals surface area contributed by atoms with Crippen molar-refractivity contribution in [3.63, 3.8) is 0 Å². The lowest BCUT2D eigenvalue weighted by Crippen LogP contribution is -2.67. The summed E-state index contributed by atoms with van der Waals surface area (Å²) in [6.07, 6.45) is 28.2. The summed E-state index contributed by atoms with van der Waals surface area (Å²) in [7, 11) is 0. The minimum Gasteiger partial charge on any atom is -0.465 e. The summed E-state index contributed by atoms with van der Waals surface area (Å²) in [6.45, 7) is 38.8. The van der Waals surface area contributed by atoms with Crippen LogP contribution in [0.4, 0.5) is 0 Å². The number of ether oxygens (including phenoxy) is 1. The number of carbonyl (C=O) groups is 1. The Bertz CT molecular complexity index is 1890. The highest BCUT2D eigenvalue weighted by molar-refractivity contribution is 5.78. The van der Waals surface area contributed by atoms with Crippen LogP contribution in [0.2, 0.25) is 0 Å². The Labute approximate surface area is 387 Å². The molecule has 1 unspecified atom stereocenters. The second-order valence-electron chi connectivity index (χ2n) is 29.2. The van der Waals surface area contributed by atoms with Gasteiger partial charge in [0.25, 0.3) is 0 Å². The molecule has 10 rings (SSSR count). The molecule has 0 bridgehead atoms. The first-order valence-corrected chi connectivity index (χ1v) is 27.5. The number of esters is 1. The van der Waals surface area contributed by atoms with E-state index in [0.717, 1.165) is 31.1 Å². The number of hydrogen-bond donors (Lipinski definition) is 1. The minimum absolute atomic E-state index is 0.0163. The maximum absolute atomic E-state index is 15.6. The maximum atomic E-state index is 15.6. The first-order valence-electron chi connectivity index (χ1n) is 27.5. The Balaban J connectivity index is 0.929. The molecule has 0 aromatic carbocycles. The molecule has 63 heavy (non-hydrogen) atoms. The molecule has 0 aromatic heterocycles. The average molecular weight is 865 g/mol. The lowest BCUT2D eigenvalue weighted by molar-refractivity contribution is -0.251. The van der Waals surface area contributed by atoms with E-state index < -0.39 is 0 Å². The standard InChI is InChI=1S/C60H96O3/c1-37(2)39-20-30-59(34-32-55(11)41(48(39)59)16-18-46-54(10)27-24-47(61)52(7,8)44(54)23-29-58(46,55)14)36-63-50(62)60-31-21-40(38(3)4)49(60)42-17-19-45-53(9)26-15-25-51(5,6)43(53)22-28-57(45,13)56(42,12)33-35-60/h15,25,38-49,61H,1,16-24,26-36H2,2-14H3/t39-,40-,41+,42+,43-,44-,45?,46+,47-,48+,49+,53-,54-,55+,56+,57+,58+,59+,60-/m0/s1. The summed E-state index contributed by atoms with van der Waals surface area (Å²) in [5.74, 6) is 7.02. The number of aliphatic hydroxyl groups is 1. The molecular formula is C60H96O3. The van der Waals surface area contributed by atoms with E-state index in [1.807, 2.05) is 0 Å². The van der Waals surface area contributed by atoms with Gasteiger partial charge < -0.3 is 9.84 Å². The van der Waals surface area contributed by atoms with Gasteiger partial charge in [0.2, 0.25) is 0 Å². The van der Waals surface area contributed by atoms with Crippen molar-refractivity contribution in [2.24, 2.45) is 119 Å². The predicted molar refractivity (Wildman–Crippen MR) is 259 cm³/mol. The van der Waals surface area contributed by atoms with Crippen molar-refractivity contribution < 1.29 is 14.6 Å². The Morgan fingerprint density at radius 1 is 0.635 bits per heavy atom. The molecule has 0 aliphatic heterocycles. The van der Waals surface area contributed by atoms with Crippen molar-refractivity contribution in [2.45, 2.75) is 218 Å². The molecule has 19 atom stereocenters. The third-order valence-corrected chi connectivity index (χ3v) is 26.7. The fourth-order valence-electron chi connectivity index (χ4n) is 23.2. The number of hydrogen-bond acceptors (Lipinski definition) is 3. The van der Waals surface area contributed by atoms with Crippen LogP contribution in [0.1, 0.15) is 212 Å². The van der Waals surface area contributed by atoms with Crippen molar-refractivity contribution in [1.29, 1.82) is 0 Å². The van der Waals surface area contributed by atoms with Gasteiger partial charge in [-0.15, -0.1) is 0 Å². The molecule has 9 saturated carbocycles. The lowest BCUT2D eigenvalue weighted by atomic mass is 9.32. The van der Waals surface area contributed by atoms with E-state index in [9.17, 15) is 5.11 Å². The second kappa shape index (κ2) is 14.2. The van der Waals surface area contributed by atoms with Gasteiger partial charge in [-0.1, -0.05) is 107 Å². The van der Waals surface area contributed by atoms with Crippen molar-refractivity contribution >= 4 is 5.97 Å². The van der Waals surface area contributed by atoms with Crippen LogP contribution >= 0.6 is 0 Å². The summed E-state index contributed by atoms with van der Waals surface area (Å²) < 4.78 is 7.20. The van der Waals surface area contributed by atoms with Gasteiger partial charge in [0, 0.05) is 5.41 Å². The molecule has 354 valence electrons. The van der Waals surface area contributed by atoms with Crippen LogP contribution in [0.5, 0.6) is 0 Å². The van der Waals surface area contributed by atoms with Gasteiger partial charge in [-0.25, -0.2) is 0 Å². The molecular weight excluding hydrogens is 769 g/mol. The third kappa shape index (κ3) is 5.68. The minimum atomic E-state index is -0.318. The van der Waals surface area contributed by atoms with E-state index >= 15 is 4.79 Å². The number of rotatable bonds is 5. The van der Waals surface area contributed by atoms with Crippen molar-refractivity contribution in [3.05, 3.63) is 24.3 Å². The monoisotopic (exact) mass is 865 g/mol. The normalized spacial score (nSPS) is 56.1. The van der Waals surface area contributed by atoms with Crippen molar-refractivity contribution in [1.82, 2.24) is 0 Å². The highest BCUT2D eigenvalue weighted by atomic mass is 16.5.